The monoisotopic (exact) mass is 477 g/mol. The molecule has 7 nitrogen and oxygen atoms in total. The lowest BCUT2D eigenvalue weighted by Gasteiger charge is -2.37. The Balaban J connectivity index is 1.45. The summed E-state index contributed by atoms with van der Waals surface area (Å²) in [5.41, 5.74) is 0. The normalized spacial score (nSPS) is 22.4. The van der Waals surface area contributed by atoms with E-state index in [0.717, 1.165) is 30.0 Å². The third-order valence-corrected chi connectivity index (χ3v) is 8.07. The summed E-state index contributed by atoms with van der Waals surface area (Å²) in [5, 5.41) is 2.16. The molecule has 4 rings (SSSR count). The highest BCUT2D eigenvalue weighted by Crippen LogP contribution is 2.24. The average molecular weight is 478 g/mol. The molecule has 2 aromatic rings. The Bertz CT molecular complexity index is 1140. The fourth-order valence-corrected chi connectivity index (χ4v) is 5.99. The number of amides is 2. The van der Waals surface area contributed by atoms with Gasteiger partial charge in [-0.1, -0.05) is 23.7 Å². The van der Waals surface area contributed by atoms with Crippen molar-refractivity contribution in [3.05, 3.63) is 41.4 Å². The first-order chi connectivity index (χ1) is 15.2. The number of rotatable bonds is 5. The van der Waals surface area contributed by atoms with Crippen LogP contribution in [0, 0.1) is 0 Å². The molecule has 9 heteroatoms. The van der Waals surface area contributed by atoms with Gasteiger partial charge in [0.1, 0.15) is 6.04 Å². The van der Waals surface area contributed by atoms with Crippen LogP contribution in [0.4, 0.5) is 0 Å². The van der Waals surface area contributed by atoms with Crippen molar-refractivity contribution in [3.63, 3.8) is 0 Å². The number of fused-ring (bicyclic) bond motifs is 1. The van der Waals surface area contributed by atoms with Gasteiger partial charge >= 0.3 is 0 Å². The Morgan fingerprint density at radius 2 is 1.81 bits per heavy atom. The Morgan fingerprint density at radius 3 is 2.59 bits per heavy atom. The fraction of sp³-hybridized carbons (Fsp3) is 0.478. The predicted molar refractivity (Wildman–Crippen MR) is 124 cm³/mol. The van der Waals surface area contributed by atoms with Gasteiger partial charge < -0.3 is 9.80 Å². The van der Waals surface area contributed by atoms with Gasteiger partial charge in [0.25, 0.3) is 0 Å². The number of sulfonamides is 1. The molecule has 0 radical (unpaired) electrons. The van der Waals surface area contributed by atoms with Crippen molar-refractivity contribution >= 4 is 44.2 Å². The summed E-state index contributed by atoms with van der Waals surface area (Å²) in [5.74, 6) is -0.410. The summed E-state index contributed by atoms with van der Waals surface area (Å²) in [6, 6.07) is 9.31. The summed E-state index contributed by atoms with van der Waals surface area (Å²) >= 11 is 6.00. The number of piperidine rings is 2. The highest BCUT2D eigenvalue weighted by molar-refractivity contribution is 7.89. The highest BCUT2D eigenvalue weighted by Gasteiger charge is 2.34. The van der Waals surface area contributed by atoms with Crippen molar-refractivity contribution in [3.8, 4) is 0 Å². The first kappa shape index (κ1) is 23.0. The fourth-order valence-electron chi connectivity index (χ4n) is 4.55. The van der Waals surface area contributed by atoms with Crippen LogP contribution in [0.2, 0.25) is 5.02 Å². The lowest BCUT2D eigenvalue weighted by atomic mass is 10.0. The summed E-state index contributed by atoms with van der Waals surface area (Å²) < 4.78 is 28.5. The molecule has 2 atom stereocenters. The van der Waals surface area contributed by atoms with Gasteiger partial charge in [-0.3, -0.25) is 9.59 Å². The Morgan fingerprint density at radius 1 is 1.06 bits per heavy atom. The van der Waals surface area contributed by atoms with Crippen molar-refractivity contribution in [2.45, 2.75) is 56.0 Å². The molecule has 0 aliphatic carbocycles. The lowest BCUT2D eigenvalue weighted by Crippen LogP contribution is -2.55. The van der Waals surface area contributed by atoms with Crippen LogP contribution in [0.3, 0.4) is 0 Å². The minimum absolute atomic E-state index is 0.00185. The molecule has 0 aromatic heterocycles. The van der Waals surface area contributed by atoms with Gasteiger partial charge in [0.05, 0.1) is 11.4 Å². The van der Waals surface area contributed by atoms with Crippen LogP contribution in [0.5, 0.6) is 0 Å². The van der Waals surface area contributed by atoms with E-state index in [0.29, 0.717) is 31.0 Å². The Kier molecular flexibility index (Phi) is 6.74. The third-order valence-electron chi connectivity index (χ3n) is 6.36. The number of benzene rings is 2. The van der Waals surface area contributed by atoms with Crippen molar-refractivity contribution in [2.24, 2.45) is 0 Å². The number of likely N-dealkylation sites (tertiary alicyclic amines) is 2. The van der Waals surface area contributed by atoms with E-state index in [4.69, 9.17) is 11.6 Å². The zero-order valence-corrected chi connectivity index (χ0v) is 19.7. The molecule has 2 aliphatic heterocycles. The van der Waals surface area contributed by atoms with Crippen LogP contribution >= 0.6 is 11.6 Å². The predicted octanol–water partition coefficient (Wildman–Crippen LogP) is 3.16. The van der Waals surface area contributed by atoms with Gasteiger partial charge in [0.15, 0.2) is 0 Å². The van der Waals surface area contributed by atoms with Crippen LogP contribution in [-0.4, -0.2) is 61.7 Å². The first-order valence-electron chi connectivity index (χ1n) is 11.0. The molecule has 2 saturated heterocycles. The number of hydrogen-bond acceptors (Lipinski definition) is 4. The van der Waals surface area contributed by atoms with E-state index in [1.807, 2.05) is 11.8 Å². The van der Waals surface area contributed by atoms with E-state index >= 15 is 0 Å². The molecule has 0 saturated carbocycles. The van der Waals surface area contributed by atoms with Crippen LogP contribution < -0.4 is 4.72 Å². The van der Waals surface area contributed by atoms with Gasteiger partial charge in [-0.15, -0.1) is 0 Å². The van der Waals surface area contributed by atoms with Crippen LogP contribution in [0.1, 0.15) is 39.0 Å². The second-order valence-corrected chi connectivity index (χ2v) is 10.8. The van der Waals surface area contributed by atoms with Crippen LogP contribution in [-0.2, 0) is 19.6 Å². The van der Waals surface area contributed by atoms with Gasteiger partial charge in [0, 0.05) is 24.2 Å². The molecular formula is C23H28ClN3O4S. The minimum atomic E-state index is -3.90. The Hall–Kier alpha value is -2.16. The second kappa shape index (κ2) is 9.37. The quantitative estimate of drug-likeness (QED) is 0.716. The van der Waals surface area contributed by atoms with Gasteiger partial charge in [-0.2, -0.15) is 4.72 Å². The Labute approximate surface area is 193 Å². The number of halogens is 1. The molecule has 2 aromatic carbocycles. The van der Waals surface area contributed by atoms with Crippen molar-refractivity contribution in [1.29, 1.82) is 0 Å². The molecule has 1 unspecified atom stereocenters. The smallest absolute Gasteiger partial charge is 0.242 e. The maximum absolute atomic E-state index is 13.0. The van der Waals surface area contributed by atoms with E-state index in [-0.39, 0.29) is 29.3 Å². The van der Waals surface area contributed by atoms with Gasteiger partial charge in [-0.25, -0.2) is 8.42 Å². The molecule has 0 bridgehead atoms. The number of nitrogens with one attached hydrogen (secondary N) is 1. The summed E-state index contributed by atoms with van der Waals surface area (Å²) in [6.45, 7) is 3.20. The molecule has 1 N–H and O–H groups in total. The lowest BCUT2D eigenvalue weighted by molar-refractivity contribution is -0.144. The molecule has 2 aliphatic rings. The van der Waals surface area contributed by atoms with Crippen LogP contribution in [0.15, 0.2) is 41.3 Å². The maximum atomic E-state index is 13.0. The SMILES string of the molecule is CC1CCCCN1C(=O)CN1CCC[C@H](NS(=O)(=O)c2ccc3cc(Cl)ccc3c2)C1=O. The van der Waals surface area contributed by atoms with E-state index < -0.39 is 16.1 Å². The maximum Gasteiger partial charge on any atom is 0.242 e. The van der Waals surface area contributed by atoms with E-state index in [9.17, 15) is 18.0 Å². The molecule has 172 valence electrons. The molecule has 0 spiro atoms. The highest BCUT2D eigenvalue weighted by atomic mass is 35.5. The van der Waals surface area contributed by atoms with E-state index in [1.165, 1.54) is 11.0 Å². The number of nitrogens with zero attached hydrogens (tertiary/aromatic N) is 2. The topological polar surface area (TPSA) is 86.8 Å². The average Bonchev–Trinajstić information content (AvgIpc) is 2.76. The largest absolute Gasteiger partial charge is 0.338 e. The van der Waals surface area contributed by atoms with Crippen LogP contribution in [0.25, 0.3) is 10.8 Å². The first-order valence-corrected chi connectivity index (χ1v) is 12.9. The molecule has 2 amide bonds. The molecule has 2 heterocycles. The number of carbonyl (C=O) groups is 2. The molecular weight excluding hydrogens is 450 g/mol. The van der Waals surface area contributed by atoms with Gasteiger partial charge in [0.2, 0.25) is 21.8 Å². The zero-order chi connectivity index (χ0) is 22.9. The van der Waals surface area contributed by atoms with Crippen molar-refractivity contribution in [1.82, 2.24) is 14.5 Å². The summed E-state index contributed by atoms with van der Waals surface area (Å²) in [6.07, 6.45) is 4.10. The third kappa shape index (κ3) is 4.92. The van der Waals surface area contributed by atoms with E-state index in [1.54, 1.807) is 30.3 Å². The number of carbonyl (C=O) groups excluding carboxylic acids is 2. The summed E-state index contributed by atoms with van der Waals surface area (Å²) in [4.78, 5) is 29.2. The van der Waals surface area contributed by atoms with Crippen molar-refractivity contribution < 1.29 is 18.0 Å². The summed E-state index contributed by atoms with van der Waals surface area (Å²) in [7, 11) is -3.90. The van der Waals surface area contributed by atoms with E-state index in [2.05, 4.69) is 4.72 Å². The number of hydrogen-bond donors (Lipinski definition) is 1. The van der Waals surface area contributed by atoms with Gasteiger partial charge in [-0.05, 0) is 74.1 Å². The molecule has 32 heavy (non-hydrogen) atoms. The molecule has 2 fully saturated rings. The zero-order valence-electron chi connectivity index (χ0n) is 18.1. The second-order valence-electron chi connectivity index (χ2n) is 8.66. The minimum Gasteiger partial charge on any atom is -0.338 e. The standard InChI is InChI=1S/C23H28ClN3O4S/c1-16-5-2-3-12-27(16)22(28)15-26-11-4-6-21(23(26)29)25-32(30,31)20-10-8-17-13-19(24)9-7-18(17)14-20/h7-10,13-14,16,21,25H,2-6,11-12,15H2,1H3/t16?,21-/m0/s1. The van der Waals surface area contributed by atoms with Crippen molar-refractivity contribution in [2.75, 3.05) is 19.6 Å².